The average molecular weight is 301 g/mol. The van der Waals surface area contributed by atoms with Gasteiger partial charge in [-0.1, -0.05) is 11.8 Å². The van der Waals surface area contributed by atoms with Gasteiger partial charge in [-0.05, 0) is 18.2 Å². The number of benzene rings is 1. The molecule has 0 fully saturated rings. The summed E-state index contributed by atoms with van der Waals surface area (Å²) < 4.78 is 28.9. The lowest BCUT2D eigenvalue weighted by Gasteiger charge is -2.09. The molecule has 0 saturated carbocycles. The second kappa shape index (κ2) is 10.5. The topological polar surface area (TPSA) is 27.7 Å². The maximum Gasteiger partial charge on any atom is 0.135 e. The zero-order valence-corrected chi connectivity index (χ0v) is 12.2. The fourth-order valence-corrected chi connectivity index (χ4v) is 1.48. The van der Waals surface area contributed by atoms with Gasteiger partial charge in [-0.3, -0.25) is 0 Å². The van der Waals surface area contributed by atoms with E-state index in [1.165, 1.54) is 12.1 Å². The van der Waals surface area contributed by atoms with E-state index in [1.807, 2.05) is 0 Å². The third-order valence-corrected chi connectivity index (χ3v) is 2.49. The zero-order valence-electron chi connectivity index (χ0n) is 11.5. The minimum atomic E-state index is -0.344. The van der Waals surface area contributed by atoms with Crippen LogP contribution in [-0.4, -0.2) is 39.4 Å². The summed E-state index contributed by atoms with van der Waals surface area (Å²) in [5.74, 6) is 6.37. The molecule has 0 spiro atoms. The summed E-state index contributed by atoms with van der Waals surface area (Å²) >= 11 is 5.55. The van der Waals surface area contributed by atoms with Gasteiger partial charge < -0.3 is 14.2 Å². The molecule has 0 atom stereocenters. The van der Waals surface area contributed by atoms with E-state index in [0.717, 1.165) is 0 Å². The highest BCUT2D eigenvalue weighted by Crippen LogP contribution is 2.18. The van der Waals surface area contributed by atoms with E-state index in [1.54, 1.807) is 13.2 Å². The molecular weight excluding hydrogens is 283 g/mol. The van der Waals surface area contributed by atoms with Crippen molar-refractivity contribution >= 4 is 11.6 Å². The normalized spacial score (nSPS) is 9.95. The number of hydrogen-bond acceptors (Lipinski definition) is 3. The highest BCUT2D eigenvalue weighted by Gasteiger charge is 2.03. The van der Waals surface area contributed by atoms with Gasteiger partial charge in [-0.2, -0.15) is 0 Å². The molecule has 110 valence electrons. The molecule has 5 heteroatoms. The molecule has 0 bridgehead atoms. The van der Waals surface area contributed by atoms with Gasteiger partial charge >= 0.3 is 0 Å². The first-order valence-electron chi connectivity index (χ1n) is 6.31. The lowest BCUT2D eigenvalue weighted by molar-refractivity contribution is 0.0544. The van der Waals surface area contributed by atoms with E-state index < -0.39 is 0 Å². The van der Waals surface area contributed by atoms with Gasteiger partial charge in [0.2, 0.25) is 0 Å². The van der Waals surface area contributed by atoms with Crippen LogP contribution in [0.2, 0.25) is 0 Å². The summed E-state index contributed by atoms with van der Waals surface area (Å²) in [6, 6.07) is 4.26. The molecule has 1 aromatic rings. The quantitative estimate of drug-likeness (QED) is 0.420. The van der Waals surface area contributed by atoms with Gasteiger partial charge in [0.05, 0.1) is 25.4 Å². The van der Waals surface area contributed by atoms with Crippen molar-refractivity contribution in [2.45, 2.75) is 6.42 Å². The molecular formula is C15H18ClFO3. The minimum Gasteiger partial charge on any atom is -0.490 e. The molecule has 0 N–H and O–H groups in total. The Bertz CT molecular complexity index is 454. The zero-order chi connectivity index (χ0) is 14.6. The van der Waals surface area contributed by atoms with Crippen LogP contribution in [0.3, 0.4) is 0 Å². The van der Waals surface area contributed by atoms with E-state index in [4.69, 9.17) is 25.8 Å². The van der Waals surface area contributed by atoms with Crippen LogP contribution in [-0.2, 0) is 9.47 Å². The first-order chi connectivity index (χ1) is 9.77. The molecule has 0 amide bonds. The molecule has 1 rings (SSSR count). The van der Waals surface area contributed by atoms with E-state index in [9.17, 15) is 4.39 Å². The van der Waals surface area contributed by atoms with E-state index in [0.29, 0.717) is 50.0 Å². The Balaban J connectivity index is 2.50. The fourth-order valence-electron chi connectivity index (χ4n) is 1.39. The summed E-state index contributed by atoms with van der Waals surface area (Å²) in [4.78, 5) is 0. The summed E-state index contributed by atoms with van der Waals surface area (Å²) in [7, 11) is 1.62. The molecule has 20 heavy (non-hydrogen) atoms. The van der Waals surface area contributed by atoms with Gasteiger partial charge in [-0.15, -0.1) is 11.6 Å². The van der Waals surface area contributed by atoms with Crippen LogP contribution in [0, 0.1) is 17.7 Å². The highest BCUT2D eigenvalue weighted by atomic mass is 35.5. The average Bonchev–Trinajstić information content (AvgIpc) is 2.45. The van der Waals surface area contributed by atoms with Crippen molar-refractivity contribution in [3.05, 3.63) is 29.6 Å². The monoisotopic (exact) mass is 300 g/mol. The summed E-state index contributed by atoms with van der Waals surface area (Å²) in [5, 5.41) is 0. The van der Waals surface area contributed by atoms with Gasteiger partial charge in [0, 0.05) is 19.4 Å². The maximum absolute atomic E-state index is 13.2. The van der Waals surface area contributed by atoms with Crippen LogP contribution < -0.4 is 4.74 Å². The van der Waals surface area contributed by atoms with Gasteiger partial charge in [-0.25, -0.2) is 4.39 Å². The lowest BCUT2D eigenvalue weighted by Crippen LogP contribution is -2.10. The predicted molar refractivity (Wildman–Crippen MR) is 76.8 cm³/mol. The number of ether oxygens (including phenoxy) is 3. The molecule has 0 heterocycles. The Hall–Kier alpha value is -1.28. The highest BCUT2D eigenvalue weighted by molar-refractivity contribution is 6.18. The molecule has 3 nitrogen and oxygen atoms in total. The Kier molecular flexibility index (Phi) is 8.81. The van der Waals surface area contributed by atoms with Gasteiger partial charge in [0.1, 0.15) is 18.2 Å². The lowest BCUT2D eigenvalue weighted by atomic mass is 10.2. The van der Waals surface area contributed by atoms with Gasteiger partial charge in [0.25, 0.3) is 0 Å². The molecule has 0 aliphatic rings. The maximum atomic E-state index is 13.2. The van der Waals surface area contributed by atoms with Crippen molar-refractivity contribution in [2.24, 2.45) is 0 Å². The van der Waals surface area contributed by atoms with Crippen LogP contribution >= 0.6 is 11.6 Å². The first kappa shape index (κ1) is 16.8. The second-order valence-corrected chi connectivity index (χ2v) is 4.21. The summed E-state index contributed by atoms with van der Waals surface area (Å²) in [6.07, 6.45) is 0.553. The molecule has 0 saturated heterocycles. The first-order valence-corrected chi connectivity index (χ1v) is 6.85. The Morgan fingerprint density at radius 2 is 2.00 bits per heavy atom. The summed E-state index contributed by atoms with van der Waals surface area (Å²) in [6.45, 7) is 1.88. The number of methoxy groups -OCH3 is 1. The number of hydrogen-bond donors (Lipinski definition) is 0. The van der Waals surface area contributed by atoms with Crippen molar-refractivity contribution in [3.63, 3.8) is 0 Å². The molecule has 0 aliphatic heterocycles. The van der Waals surface area contributed by atoms with Crippen LogP contribution in [0.1, 0.15) is 12.0 Å². The van der Waals surface area contributed by atoms with E-state index in [-0.39, 0.29) is 5.82 Å². The van der Waals surface area contributed by atoms with Gasteiger partial charge in [0.15, 0.2) is 0 Å². The Morgan fingerprint density at radius 3 is 2.75 bits per heavy atom. The van der Waals surface area contributed by atoms with Crippen LogP contribution in [0.25, 0.3) is 0 Å². The smallest absolute Gasteiger partial charge is 0.135 e. The van der Waals surface area contributed by atoms with Crippen molar-refractivity contribution < 1.29 is 18.6 Å². The largest absolute Gasteiger partial charge is 0.490 e. The third-order valence-electron chi connectivity index (χ3n) is 2.30. The van der Waals surface area contributed by atoms with Crippen molar-refractivity contribution in [1.29, 1.82) is 0 Å². The van der Waals surface area contributed by atoms with Crippen molar-refractivity contribution in [1.82, 2.24) is 0 Å². The molecule has 0 unspecified atom stereocenters. The van der Waals surface area contributed by atoms with Crippen LogP contribution in [0.15, 0.2) is 18.2 Å². The van der Waals surface area contributed by atoms with E-state index >= 15 is 0 Å². The summed E-state index contributed by atoms with van der Waals surface area (Å²) in [5.41, 5.74) is 0.520. The molecule has 0 aromatic heterocycles. The number of halogens is 2. The van der Waals surface area contributed by atoms with Crippen molar-refractivity contribution in [2.75, 3.05) is 39.4 Å². The van der Waals surface area contributed by atoms with Crippen molar-refractivity contribution in [3.8, 4) is 17.6 Å². The molecule has 0 radical (unpaired) electrons. The molecule has 0 aliphatic carbocycles. The minimum absolute atomic E-state index is 0.344. The standard InChI is InChI=1S/C15H18ClFO3/c1-18-8-9-19-10-11-20-15-6-5-14(17)12-13(15)4-2-3-7-16/h5-6,12H,3,7-11H2,1H3. The SMILES string of the molecule is COCCOCCOc1ccc(F)cc1C#CCCCl. The van der Waals surface area contributed by atoms with Crippen LogP contribution in [0.5, 0.6) is 5.75 Å². The predicted octanol–water partition coefficient (Wildman–Crippen LogP) is 2.85. The number of alkyl halides is 1. The van der Waals surface area contributed by atoms with Crippen LogP contribution in [0.4, 0.5) is 4.39 Å². The third kappa shape index (κ3) is 6.76. The molecule has 1 aromatic carbocycles. The van der Waals surface area contributed by atoms with E-state index in [2.05, 4.69) is 11.8 Å². The fraction of sp³-hybridized carbons (Fsp3) is 0.467. The second-order valence-electron chi connectivity index (χ2n) is 3.83. The Labute approximate surface area is 124 Å². The Morgan fingerprint density at radius 1 is 1.20 bits per heavy atom. The number of rotatable bonds is 8.